The molecule has 21 heavy (non-hydrogen) atoms. The maximum Gasteiger partial charge on any atom is 0.311 e. The molecule has 0 saturated carbocycles. The van der Waals surface area contributed by atoms with Crippen LogP contribution >= 0.6 is 0 Å². The second-order valence-electron chi connectivity index (χ2n) is 6.02. The molecule has 1 N–H and O–H groups in total. The fourth-order valence-electron chi connectivity index (χ4n) is 3.06. The summed E-state index contributed by atoms with van der Waals surface area (Å²) >= 11 is 0. The summed E-state index contributed by atoms with van der Waals surface area (Å²) in [5, 5.41) is 13.8. The molecule has 3 rings (SSSR count). The Morgan fingerprint density at radius 1 is 1.48 bits per heavy atom. The molecule has 2 aromatic heterocycles. The Labute approximate surface area is 122 Å². The maximum atomic E-state index is 11.7. The van der Waals surface area contributed by atoms with Crippen molar-refractivity contribution >= 4 is 17.6 Å². The molecule has 1 fully saturated rings. The lowest BCUT2D eigenvalue weighted by atomic mass is 9.76. The molecule has 0 spiro atoms. The van der Waals surface area contributed by atoms with Gasteiger partial charge in [-0.2, -0.15) is 14.6 Å². The van der Waals surface area contributed by atoms with Crippen LogP contribution in [0.4, 0.5) is 5.82 Å². The van der Waals surface area contributed by atoms with Crippen molar-refractivity contribution in [1.29, 1.82) is 0 Å². The highest BCUT2D eigenvalue weighted by molar-refractivity contribution is 5.77. The third kappa shape index (κ3) is 2.03. The monoisotopic (exact) mass is 289 g/mol. The van der Waals surface area contributed by atoms with Crippen LogP contribution < -0.4 is 4.90 Å². The van der Waals surface area contributed by atoms with Crippen molar-refractivity contribution in [3.05, 3.63) is 18.1 Å². The third-order valence-electron chi connectivity index (χ3n) is 4.52. The SMILES string of the molecule is Cc1cc(N2CCC(C(=O)O)(C(C)C)C2)n2ncnc2n1. The highest BCUT2D eigenvalue weighted by atomic mass is 16.4. The molecule has 112 valence electrons. The van der Waals surface area contributed by atoms with Crippen molar-refractivity contribution in [3.63, 3.8) is 0 Å². The first-order valence-electron chi connectivity index (χ1n) is 7.10. The van der Waals surface area contributed by atoms with Crippen molar-refractivity contribution in [2.24, 2.45) is 11.3 Å². The number of aromatic nitrogens is 4. The lowest BCUT2D eigenvalue weighted by Crippen LogP contribution is -2.39. The van der Waals surface area contributed by atoms with Gasteiger partial charge in [-0.25, -0.2) is 4.98 Å². The average Bonchev–Trinajstić information content (AvgIpc) is 3.04. The first-order valence-corrected chi connectivity index (χ1v) is 7.10. The van der Waals surface area contributed by atoms with Gasteiger partial charge in [0.15, 0.2) is 0 Å². The molecule has 1 aliphatic rings. The lowest BCUT2D eigenvalue weighted by molar-refractivity contribution is -0.150. The van der Waals surface area contributed by atoms with Crippen LogP contribution in [-0.4, -0.2) is 43.7 Å². The first-order chi connectivity index (χ1) is 9.94. The van der Waals surface area contributed by atoms with Crippen LogP contribution in [0.3, 0.4) is 0 Å². The van der Waals surface area contributed by atoms with Crippen molar-refractivity contribution < 1.29 is 9.90 Å². The minimum Gasteiger partial charge on any atom is -0.481 e. The van der Waals surface area contributed by atoms with E-state index in [1.807, 2.05) is 26.8 Å². The van der Waals surface area contributed by atoms with Gasteiger partial charge in [-0.3, -0.25) is 4.79 Å². The number of nitrogens with zero attached hydrogens (tertiary/aromatic N) is 5. The molecule has 7 heteroatoms. The fourth-order valence-corrected chi connectivity index (χ4v) is 3.06. The summed E-state index contributed by atoms with van der Waals surface area (Å²) < 4.78 is 1.67. The summed E-state index contributed by atoms with van der Waals surface area (Å²) in [5.74, 6) is 0.760. The number of rotatable bonds is 3. The predicted molar refractivity (Wildman–Crippen MR) is 77.3 cm³/mol. The van der Waals surface area contributed by atoms with Crippen LogP contribution in [0.25, 0.3) is 5.78 Å². The Balaban J connectivity index is 2.02. The van der Waals surface area contributed by atoms with Crippen molar-refractivity contribution in [2.45, 2.75) is 27.2 Å². The highest BCUT2D eigenvalue weighted by Crippen LogP contribution is 2.39. The smallest absolute Gasteiger partial charge is 0.311 e. The zero-order valence-electron chi connectivity index (χ0n) is 12.4. The van der Waals surface area contributed by atoms with Crippen LogP contribution in [0, 0.1) is 18.3 Å². The molecule has 1 aliphatic heterocycles. The van der Waals surface area contributed by atoms with E-state index in [-0.39, 0.29) is 5.92 Å². The van der Waals surface area contributed by atoms with Crippen molar-refractivity contribution in [2.75, 3.05) is 18.0 Å². The molecule has 0 radical (unpaired) electrons. The number of carbonyl (C=O) groups is 1. The van der Waals surface area contributed by atoms with E-state index in [2.05, 4.69) is 20.0 Å². The molecule has 0 aliphatic carbocycles. The Morgan fingerprint density at radius 3 is 2.86 bits per heavy atom. The Bertz CT molecular complexity index is 696. The Morgan fingerprint density at radius 2 is 2.24 bits per heavy atom. The van der Waals surface area contributed by atoms with Crippen LogP contribution in [-0.2, 0) is 4.79 Å². The molecule has 1 atom stereocenters. The van der Waals surface area contributed by atoms with E-state index in [1.165, 1.54) is 6.33 Å². The van der Waals surface area contributed by atoms with Crippen LogP contribution in [0.15, 0.2) is 12.4 Å². The molecule has 1 unspecified atom stereocenters. The van der Waals surface area contributed by atoms with Gasteiger partial charge in [0.25, 0.3) is 5.78 Å². The quantitative estimate of drug-likeness (QED) is 0.918. The van der Waals surface area contributed by atoms with E-state index < -0.39 is 11.4 Å². The van der Waals surface area contributed by atoms with E-state index in [0.717, 1.165) is 11.5 Å². The second kappa shape index (κ2) is 4.68. The van der Waals surface area contributed by atoms with Gasteiger partial charge in [0, 0.05) is 24.8 Å². The van der Waals surface area contributed by atoms with Gasteiger partial charge < -0.3 is 10.0 Å². The largest absolute Gasteiger partial charge is 0.481 e. The summed E-state index contributed by atoms with van der Waals surface area (Å²) in [7, 11) is 0. The molecular formula is C14H19N5O2. The summed E-state index contributed by atoms with van der Waals surface area (Å²) in [6, 6.07) is 1.93. The van der Waals surface area contributed by atoms with Gasteiger partial charge >= 0.3 is 5.97 Å². The van der Waals surface area contributed by atoms with Gasteiger partial charge in [0.2, 0.25) is 0 Å². The van der Waals surface area contributed by atoms with Gasteiger partial charge in [-0.05, 0) is 19.3 Å². The number of hydrogen-bond donors (Lipinski definition) is 1. The number of aliphatic carboxylic acids is 1. The van der Waals surface area contributed by atoms with Crippen molar-refractivity contribution in [3.8, 4) is 0 Å². The lowest BCUT2D eigenvalue weighted by Gasteiger charge is -2.29. The summed E-state index contributed by atoms with van der Waals surface area (Å²) in [4.78, 5) is 22.3. The summed E-state index contributed by atoms with van der Waals surface area (Å²) in [6.07, 6.45) is 2.10. The highest BCUT2D eigenvalue weighted by Gasteiger charge is 2.47. The van der Waals surface area contributed by atoms with E-state index in [4.69, 9.17) is 0 Å². The number of hydrogen-bond acceptors (Lipinski definition) is 5. The molecule has 3 heterocycles. The normalized spacial score (nSPS) is 22.4. The maximum absolute atomic E-state index is 11.7. The zero-order chi connectivity index (χ0) is 15.2. The van der Waals surface area contributed by atoms with Gasteiger partial charge in [0.05, 0.1) is 5.41 Å². The number of carboxylic acids is 1. The summed E-state index contributed by atoms with van der Waals surface area (Å²) in [6.45, 7) is 7.03. The number of anilines is 1. The molecular weight excluding hydrogens is 270 g/mol. The number of fused-ring (bicyclic) bond motifs is 1. The van der Waals surface area contributed by atoms with Gasteiger partial charge in [0.1, 0.15) is 12.1 Å². The third-order valence-corrected chi connectivity index (χ3v) is 4.52. The van der Waals surface area contributed by atoms with Crippen LogP contribution in [0.1, 0.15) is 26.0 Å². The molecule has 2 aromatic rings. The van der Waals surface area contributed by atoms with Crippen LogP contribution in [0.2, 0.25) is 0 Å². The molecule has 0 aromatic carbocycles. The Kier molecular flexibility index (Phi) is 3.07. The molecule has 7 nitrogen and oxygen atoms in total. The number of carboxylic acid groups (broad SMARTS) is 1. The number of aryl methyl sites for hydroxylation is 1. The van der Waals surface area contributed by atoms with E-state index in [9.17, 15) is 9.90 Å². The van der Waals surface area contributed by atoms with Gasteiger partial charge in [-0.1, -0.05) is 13.8 Å². The van der Waals surface area contributed by atoms with Crippen molar-refractivity contribution in [1.82, 2.24) is 19.6 Å². The fraction of sp³-hybridized carbons (Fsp3) is 0.571. The van der Waals surface area contributed by atoms with E-state index in [0.29, 0.717) is 25.3 Å². The molecule has 0 bridgehead atoms. The minimum atomic E-state index is -0.722. The zero-order valence-corrected chi connectivity index (χ0v) is 12.4. The van der Waals surface area contributed by atoms with Crippen LogP contribution in [0.5, 0.6) is 0 Å². The molecule has 1 saturated heterocycles. The first kappa shape index (κ1) is 13.8. The Hall–Kier alpha value is -2.18. The van der Waals surface area contributed by atoms with E-state index >= 15 is 0 Å². The summed E-state index contributed by atoms with van der Waals surface area (Å²) in [5.41, 5.74) is 0.146. The average molecular weight is 289 g/mol. The predicted octanol–water partition coefficient (Wildman–Crippen LogP) is 1.37. The second-order valence-corrected chi connectivity index (χ2v) is 6.02. The minimum absolute atomic E-state index is 0.0779. The molecule has 0 amide bonds. The standard InChI is InChI=1S/C14H19N5O2/c1-9(2)14(12(20)21)4-5-18(7-14)11-6-10(3)17-13-15-8-16-19(11)13/h6,8-9H,4-5,7H2,1-3H3,(H,20,21). The van der Waals surface area contributed by atoms with Gasteiger partial charge in [-0.15, -0.1) is 0 Å². The topological polar surface area (TPSA) is 83.6 Å². The van der Waals surface area contributed by atoms with E-state index in [1.54, 1.807) is 4.52 Å².